The van der Waals surface area contributed by atoms with Crippen LogP contribution >= 0.6 is 0 Å². The van der Waals surface area contributed by atoms with Gasteiger partial charge in [-0.15, -0.1) is 0 Å². The summed E-state index contributed by atoms with van der Waals surface area (Å²) in [7, 11) is 4.76. The largest absolute Gasteiger partial charge is 0.0960 e. The molecule has 1 rings (SSSR count). The second kappa shape index (κ2) is 3.69. The van der Waals surface area contributed by atoms with Crippen molar-refractivity contribution in [3.05, 3.63) is 0 Å². The van der Waals surface area contributed by atoms with E-state index in [-0.39, 0.29) is 0 Å². The van der Waals surface area contributed by atoms with E-state index < -0.39 is 0 Å². The first-order chi connectivity index (χ1) is 5.16. The van der Waals surface area contributed by atoms with Crippen LogP contribution in [0, 0.1) is 17.8 Å². The highest BCUT2D eigenvalue weighted by atomic mass is 14.4. The third-order valence-corrected chi connectivity index (χ3v) is 3.31. The van der Waals surface area contributed by atoms with Crippen LogP contribution in [0.4, 0.5) is 0 Å². The van der Waals surface area contributed by atoms with Crippen LogP contribution in [-0.2, 0) is 0 Å². The first kappa shape index (κ1) is 9.22. The molecular formula is C9H20B2. The number of rotatable bonds is 3. The molecule has 0 aromatic rings. The molecule has 1 fully saturated rings. The third kappa shape index (κ3) is 1.83. The van der Waals surface area contributed by atoms with Gasteiger partial charge in [0, 0.05) is 0 Å². The Morgan fingerprint density at radius 3 is 2.45 bits per heavy atom. The van der Waals surface area contributed by atoms with E-state index >= 15 is 0 Å². The highest BCUT2D eigenvalue weighted by Gasteiger charge is 2.38. The molecule has 1 aliphatic carbocycles. The lowest BCUT2D eigenvalue weighted by atomic mass is 9.49. The summed E-state index contributed by atoms with van der Waals surface area (Å²) in [6.07, 6.45) is 4.34. The van der Waals surface area contributed by atoms with Gasteiger partial charge in [0.15, 0.2) is 0 Å². The van der Waals surface area contributed by atoms with Crippen molar-refractivity contribution < 1.29 is 0 Å². The molecule has 0 nitrogen and oxygen atoms in total. The molecule has 0 N–H and O–H groups in total. The lowest BCUT2D eigenvalue weighted by molar-refractivity contribution is 0.0873. The van der Waals surface area contributed by atoms with Crippen molar-refractivity contribution in [1.29, 1.82) is 0 Å². The molecule has 0 heterocycles. The smallest absolute Gasteiger partial charge is 0.0927 e. The summed E-state index contributed by atoms with van der Waals surface area (Å²) in [6, 6.07) is 0. The normalized spacial score (nSPS) is 37.2. The van der Waals surface area contributed by atoms with E-state index in [0.717, 1.165) is 23.5 Å². The zero-order chi connectivity index (χ0) is 8.43. The Labute approximate surface area is 73.0 Å². The summed E-state index contributed by atoms with van der Waals surface area (Å²) in [6.45, 7) is 4.72. The number of hydrogen-bond donors (Lipinski definition) is 0. The molecule has 0 aromatic heterocycles. The molecule has 1 saturated carbocycles. The molecule has 11 heavy (non-hydrogen) atoms. The summed E-state index contributed by atoms with van der Waals surface area (Å²) < 4.78 is 0. The fourth-order valence-electron chi connectivity index (χ4n) is 2.94. The van der Waals surface area contributed by atoms with Gasteiger partial charge in [0.2, 0.25) is 0 Å². The van der Waals surface area contributed by atoms with Crippen molar-refractivity contribution in [3.8, 4) is 0 Å². The minimum atomic E-state index is 0.912. The zero-order valence-electron chi connectivity index (χ0n) is 8.43. The van der Waals surface area contributed by atoms with Gasteiger partial charge in [-0.1, -0.05) is 32.4 Å². The fraction of sp³-hybridized carbons (Fsp3) is 1.00. The fourth-order valence-corrected chi connectivity index (χ4v) is 2.94. The van der Waals surface area contributed by atoms with Gasteiger partial charge in [-0.3, -0.25) is 0 Å². The van der Waals surface area contributed by atoms with E-state index in [9.17, 15) is 0 Å². The van der Waals surface area contributed by atoms with E-state index in [0.29, 0.717) is 0 Å². The average molecular weight is 150 g/mol. The summed E-state index contributed by atoms with van der Waals surface area (Å²) in [5.74, 6) is 3.11. The van der Waals surface area contributed by atoms with Gasteiger partial charge < -0.3 is 0 Å². The molecule has 0 radical (unpaired) electrons. The lowest BCUT2D eigenvalue weighted by Crippen LogP contribution is -2.38. The zero-order valence-corrected chi connectivity index (χ0v) is 8.43. The Morgan fingerprint density at radius 2 is 2.09 bits per heavy atom. The molecule has 0 aromatic carbocycles. The van der Waals surface area contributed by atoms with Crippen molar-refractivity contribution in [2.75, 3.05) is 0 Å². The van der Waals surface area contributed by atoms with Crippen LogP contribution in [0.25, 0.3) is 0 Å². The molecule has 0 spiro atoms. The average Bonchev–Trinajstić information content (AvgIpc) is 1.85. The van der Waals surface area contributed by atoms with Gasteiger partial charge in [-0.2, -0.15) is 0 Å². The van der Waals surface area contributed by atoms with Crippen LogP contribution in [0.15, 0.2) is 0 Å². The van der Waals surface area contributed by atoms with Gasteiger partial charge in [-0.05, 0) is 24.2 Å². The molecule has 3 atom stereocenters. The molecule has 0 amide bonds. The first-order valence-corrected chi connectivity index (χ1v) is 5.16. The maximum Gasteiger partial charge on any atom is 0.0960 e. The standard InChI is InChI=1S/C9H20B2/c1-3-4-7-5-6(2)8(7)9(10)11/h6-9H,3-5,10-11H2,1-2H3. The Kier molecular flexibility index (Phi) is 3.09. The molecule has 2 heteroatoms. The van der Waals surface area contributed by atoms with Crippen LogP contribution in [0.2, 0.25) is 5.72 Å². The van der Waals surface area contributed by atoms with Crippen LogP contribution < -0.4 is 0 Å². The minimum absolute atomic E-state index is 0.912. The first-order valence-electron chi connectivity index (χ1n) is 5.16. The Hall–Kier alpha value is 0.130. The van der Waals surface area contributed by atoms with Gasteiger partial charge in [0.1, 0.15) is 0 Å². The molecule has 0 aliphatic heterocycles. The minimum Gasteiger partial charge on any atom is -0.0927 e. The van der Waals surface area contributed by atoms with Crippen molar-refractivity contribution in [1.82, 2.24) is 0 Å². The summed E-state index contributed by atoms with van der Waals surface area (Å²) in [5, 5.41) is 0. The van der Waals surface area contributed by atoms with Crippen LogP contribution in [0.1, 0.15) is 33.1 Å². The number of hydrogen-bond acceptors (Lipinski definition) is 0. The van der Waals surface area contributed by atoms with E-state index in [1.165, 1.54) is 19.3 Å². The van der Waals surface area contributed by atoms with Crippen molar-refractivity contribution in [3.63, 3.8) is 0 Å². The van der Waals surface area contributed by atoms with Crippen LogP contribution in [0.5, 0.6) is 0 Å². The van der Waals surface area contributed by atoms with E-state index in [1.54, 1.807) is 0 Å². The van der Waals surface area contributed by atoms with Crippen molar-refractivity contribution in [2.45, 2.75) is 38.8 Å². The quantitative estimate of drug-likeness (QED) is 0.527. The molecular weight excluding hydrogens is 130 g/mol. The highest BCUT2D eigenvalue weighted by molar-refractivity contribution is 6.35. The highest BCUT2D eigenvalue weighted by Crippen LogP contribution is 2.47. The summed E-state index contributed by atoms with van der Waals surface area (Å²) >= 11 is 0. The van der Waals surface area contributed by atoms with Gasteiger partial charge in [0.05, 0.1) is 15.7 Å². The Bertz CT molecular complexity index is 116. The van der Waals surface area contributed by atoms with Crippen LogP contribution in [-0.4, -0.2) is 15.7 Å². The maximum absolute atomic E-state index is 2.41. The van der Waals surface area contributed by atoms with E-state index in [2.05, 4.69) is 29.5 Å². The Morgan fingerprint density at radius 1 is 1.45 bits per heavy atom. The van der Waals surface area contributed by atoms with Crippen molar-refractivity contribution in [2.24, 2.45) is 17.8 Å². The van der Waals surface area contributed by atoms with Crippen molar-refractivity contribution >= 4 is 15.7 Å². The molecule has 0 bridgehead atoms. The van der Waals surface area contributed by atoms with Gasteiger partial charge in [0.25, 0.3) is 0 Å². The molecule has 0 saturated heterocycles. The molecule has 1 aliphatic rings. The van der Waals surface area contributed by atoms with Gasteiger partial charge in [-0.25, -0.2) is 0 Å². The molecule has 3 unspecified atom stereocenters. The van der Waals surface area contributed by atoms with E-state index in [4.69, 9.17) is 0 Å². The van der Waals surface area contributed by atoms with E-state index in [1.807, 2.05) is 0 Å². The molecule has 62 valence electrons. The van der Waals surface area contributed by atoms with Gasteiger partial charge >= 0.3 is 0 Å². The third-order valence-electron chi connectivity index (χ3n) is 3.31. The summed E-state index contributed by atoms with van der Waals surface area (Å²) in [5.41, 5.74) is 0.912. The lowest BCUT2D eigenvalue weighted by Gasteiger charge is -2.46. The second-order valence-electron chi connectivity index (χ2n) is 4.58. The predicted molar refractivity (Wildman–Crippen MR) is 56.5 cm³/mol. The summed E-state index contributed by atoms with van der Waals surface area (Å²) in [4.78, 5) is 0. The topological polar surface area (TPSA) is 0 Å². The predicted octanol–water partition coefficient (Wildman–Crippen LogP) is 1.07. The Balaban J connectivity index is 2.35. The second-order valence-corrected chi connectivity index (χ2v) is 4.58. The SMILES string of the molecule is BC(B)C1C(C)CC1CCC. The monoisotopic (exact) mass is 150 g/mol. The maximum atomic E-state index is 2.41. The van der Waals surface area contributed by atoms with Crippen LogP contribution in [0.3, 0.4) is 0 Å².